The van der Waals surface area contributed by atoms with Crippen molar-refractivity contribution in [3.05, 3.63) is 28.8 Å². The molecular formula is C17H24ClNO3. The zero-order valence-corrected chi connectivity index (χ0v) is 14.0. The lowest BCUT2D eigenvalue weighted by atomic mass is 9.73. The second-order valence-electron chi connectivity index (χ2n) is 6.14. The standard InChI is InChI=1S/C17H24ClNO3/c1-13(20)17(7-10-22-2)5-8-19(9-6-17)12-14-3-4-16(21)15(18)11-14/h3-4,11,21H,5-10,12H2,1-2H3. The second kappa shape index (κ2) is 7.44. The number of aromatic hydroxyl groups is 1. The van der Waals surface area contributed by atoms with Crippen molar-refractivity contribution in [1.82, 2.24) is 4.90 Å². The molecule has 1 heterocycles. The van der Waals surface area contributed by atoms with E-state index >= 15 is 0 Å². The minimum absolute atomic E-state index is 0.110. The van der Waals surface area contributed by atoms with Gasteiger partial charge in [0, 0.05) is 25.7 Å². The van der Waals surface area contributed by atoms with E-state index in [1.165, 1.54) is 0 Å². The molecule has 22 heavy (non-hydrogen) atoms. The highest BCUT2D eigenvalue weighted by molar-refractivity contribution is 6.32. The summed E-state index contributed by atoms with van der Waals surface area (Å²) in [6.07, 6.45) is 2.55. The van der Waals surface area contributed by atoms with E-state index in [1.54, 1.807) is 26.2 Å². The quantitative estimate of drug-likeness (QED) is 0.872. The summed E-state index contributed by atoms with van der Waals surface area (Å²) < 4.78 is 5.16. The molecule has 1 aromatic carbocycles. The average Bonchev–Trinajstić information content (AvgIpc) is 2.50. The van der Waals surface area contributed by atoms with Crippen LogP contribution in [-0.2, 0) is 16.1 Å². The lowest BCUT2D eigenvalue weighted by Crippen LogP contribution is -2.43. The van der Waals surface area contributed by atoms with Crippen LogP contribution in [0.5, 0.6) is 5.75 Å². The summed E-state index contributed by atoms with van der Waals surface area (Å²) in [5.41, 5.74) is 0.856. The number of phenols is 1. The zero-order valence-electron chi connectivity index (χ0n) is 13.3. The Balaban J connectivity index is 1.95. The van der Waals surface area contributed by atoms with Gasteiger partial charge >= 0.3 is 0 Å². The lowest BCUT2D eigenvalue weighted by Gasteiger charge is -2.40. The summed E-state index contributed by atoms with van der Waals surface area (Å²) in [4.78, 5) is 14.4. The number of hydrogen-bond acceptors (Lipinski definition) is 4. The summed E-state index contributed by atoms with van der Waals surface area (Å²) in [6, 6.07) is 5.31. The van der Waals surface area contributed by atoms with E-state index in [1.807, 2.05) is 6.07 Å². The number of halogens is 1. The van der Waals surface area contributed by atoms with Crippen molar-refractivity contribution >= 4 is 17.4 Å². The molecule has 0 amide bonds. The number of Topliss-reactive ketones (excluding diaryl/α,β-unsaturated/α-hetero) is 1. The first kappa shape index (κ1) is 17.3. The number of ketones is 1. The fraction of sp³-hybridized carbons (Fsp3) is 0.588. The van der Waals surface area contributed by atoms with Gasteiger partial charge in [-0.1, -0.05) is 17.7 Å². The molecular weight excluding hydrogens is 302 g/mol. The van der Waals surface area contributed by atoms with E-state index in [-0.39, 0.29) is 16.9 Å². The van der Waals surface area contributed by atoms with Gasteiger partial charge in [0.1, 0.15) is 11.5 Å². The smallest absolute Gasteiger partial charge is 0.136 e. The van der Waals surface area contributed by atoms with Gasteiger partial charge in [0.25, 0.3) is 0 Å². The van der Waals surface area contributed by atoms with Crippen LogP contribution in [0.25, 0.3) is 0 Å². The third-order valence-electron chi connectivity index (χ3n) is 4.76. The molecule has 0 aliphatic carbocycles. The van der Waals surface area contributed by atoms with Gasteiger partial charge in [-0.25, -0.2) is 0 Å². The highest BCUT2D eigenvalue weighted by Gasteiger charge is 2.38. The number of methoxy groups -OCH3 is 1. The Morgan fingerprint density at radius 1 is 1.41 bits per heavy atom. The Morgan fingerprint density at radius 3 is 2.64 bits per heavy atom. The van der Waals surface area contributed by atoms with Crippen molar-refractivity contribution in [2.75, 3.05) is 26.8 Å². The number of ether oxygens (including phenoxy) is 1. The predicted octanol–water partition coefficient (Wildman–Crippen LogP) is 3.25. The summed E-state index contributed by atoms with van der Waals surface area (Å²) in [5.74, 6) is 0.385. The number of phenolic OH excluding ortho intramolecular Hbond substituents is 1. The van der Waals surface area contributed by atoms with Crippen molar-refractivity contribution in [2.45, 2.75) is 32.7 Å². The molecule has 1 aliphatic heterocycles. The molecule has 1 aromatic rings. The highest BCUT2D eigenvalue weighted by Crippen LogP contribution is 2.36. The zero-order chi connectivity index (χ0) is 16.2. The normalized spacial score (nSPS) is 18.3. The number of likely N-dealkylation sites (tertiary alicyclic amines) is 1. The van der Waals surface area contributed by atoms with E-state index in [2.05, 4.69) is 4.90 Å². The highest BCUT2D eigenvalue weighted by atomic mass is 35.5. The summed E-state index contributed by atoms with van der Waals surface area (Å²) in [7, 11) is 1.68. The number of benzene rings is 1. The SMILES string of the molecule is COCCC1(C(C)=O)CCN(Cc2ccc(O)c(Cl)c2)CC1. The van der Waals surface area contributed by atoms with Gasteiger partial charge in [0.15, 0.2) is 0 Å². The first-order chi connectivity index (χ1) is 10.5. The van der Waals surface area contributed by atoms with Gasteiger partial charge < -0.3 is 9.84 Å². The number of nitrogens with zero attached hydrogens (tertiary/aromatic N) is 1. The van der Waals surface area contributed by atoms with Crippen LogP contribution >= 0.6 is 11.6 Å². The molecule has 4 nitrogen and oxygen atoms in total. The van der Waals surface area contributed by atoms with Crippen LogP contribution in [0.2, 0.25) is 5.02 Å². The molecule has 0 bridgehead atoms. The Morgan fingerprint density at radius 2 is 2.09 bits per heavy atom. The molecule has 0 saturated carbocycles. The largest absolute Gasteiger partial charge is 0.506 e. The Hall–Kier alpha value is -1.10. The van der Waals surface area contributed by atoms with Crippen LogP contribution in [0.4, 0.5) is 0 Å². The lowest BCUT2D eigenvalue weighted by molar-refractivity contribution is -0.130. The fourth-order valence-electron chi connectivity index (χ4n) is 3.12. The van der Waals surface area contributed by atoms with Gasteiger partial charge in [-0.3, -0.25) is 9.69 Å². The minimum Gasteiger partial charge on any atom is -0.506 e. The van der Waals surface area contributed by atoms with Gasteiger partial charge in [0.2, 0.25) is 0 Å². The molecule has 0 unspecified atom stereocenters. The van der Waals surface area contributed by atoms with Crippen LogP contribution in [0, 0.1) is 5.41 Å². The summed E-state index contributed by atoms with van der Waals surface area (Å²) >= 11 is 5.95. The fourth-order valence-corrected chi connectivity index (χ4v) is 3.32. The van der Waals surface area contributed by atoms with Crippen molar-refractivity contribution in [2.24, 2.45) is 5.41 Å². The molecule has 122 valence electrons. The van der Waals surface area contributed by atoms with Crippen molar-refractivity contribution < 1.29 is 14.6 Å². The molecule has 0 atom stereocenters. The van der Waals surface area contributed by atoms with Crippen molar-refractivity contribution in [3.8, 4) is 5.75 Å². The van der Waals surface area contributed by atoms with Gasteiger partial charge in [-0.15, -0.1) is 0 Å². The molecule has 0 radical (unpaired) electrons. The van der Waals surface area contributed by atoms with Gasteiger partial charge in [0.05, 0.1) is 5.02 Å². The van der Waals surface area contributed by atoms with Gasteiger partial charge in [-0.05, 0) is 57.0 Å². The third-order valence-corrected chi connectivity index (χ3v) is 5.07. The van der Waals surface area contributed by atoms with E-state index in [0.717, 1.165) is 44.5 Å². The molecule has 1 N–H and O–H groups in total. The molecule has 0 spiro atoms. The van der Waals surface area contributed by atoms with E-state index in [4.69, 9.17) is 16.3 Å². The van der Waals surface area contributed by atoms with Crippen LogP contribution in [0.1, 0.15) is 31.7 Å². The van der Waals surface area contributed by atoms with Crippen LogP contribution in [0.3, 0.4) is 0 Å². The Kier molecular flexibility index (Phi) is 5.84. The topological polar surface area (TPSA) is 49.8 Å². The maximum atomic E-state index is 12.1. The number of carbonyl (C=O) groups is 1. The second-order valence-corrected chi connectivity index (χ2v) is 6.55. The molecule has 1 saturated heterocycles. The summed E-state index contributed by atoms with van der Waals surface area (Å²) in [6.45, 7) is 4.90. The van der Waals surface area contributed by atoms with Crippen molar-refractivity contribution in [1.29, 1.82) is 0 Å². The first-order valence-electron chi connectivity index (χ1n) is 7.66. The molecule has 5 heteroatoms. The minimum atomic E-state index is -0.223. The number of rotatable bonds is 6. The van der Waals surface area contributed by atoms with Crippen LogP contribution in [0.15, 0.2) is 18.2 Å². The molecule has 2 rings (SSSR count). The maximum absolute atomic E-state index is 12.1. The maximum Gasteiger partial charge on any atom is 0.136 e. The number of piperidine rings is 1. The van der Waals surface area contributed by atoms with E-state index in [0.29, 0.717) is 11.6 Å². The van der Waals surface area contributed by atoms with Crippen LogP contribution in [-0.4, -0.2) is 42.6 Å². The van der Waals surface area contributed by atoms with E-state index < -0.39 is 0 Å². The third kappa shape index (κ3) is 4.00. The van der Waals surface area contributed by atoms with E-state index in [9.17, 15) is 9.90 Å². The number of hydrogen-bond donors (Lipinski definition) is 1. The first-order valence-corrected chi connectivity index (χ1v) is 8.04. The molecule has 0 aromatic heterocycles. The Labute approximate surface area is 137 Å². The summed E-state index contributed by atoms with van der Waals surface area (Å²) in [5, 5.41) is 9.85. The molecule has 1 fully saturated rings. The Bertz CT molecular complexity index is 525. The van der Waals surface area contributed by atoms with Crippen molar-refractivity contribution in [3.63, 3.8) is 0 Å². The molecule has 1 aliphatic rings. The van der Waals surface area contributed by atoms with Crippen LogP contribution < -0.4 is 0 Å². The monoisotopic (exact) mass is 325 g/mol. The number of carbonyl (C=O) groups excluding carboxylic acids is 1. The average molecular weight is 326 g/mol. The van der Waals surface area contributed by atoms with Gasteiger partial charge in [-0.2, -0.15) is 0 Å². The predicted molar refractivity (Wildman–Crippen MR) is 87.2 cm³/mol.